The fourth-order valence-electron chi connectivity index (χ4n) is 3.43. The van der Waals surface area contributed by atoms with Gasteiger partial charge < -0.3 is 0 Å². The number of para-hydroxylation sites is 1. The van der Waals surface area contributed by atoms with Crippen LogP contribution in [0.2, 0.25) is 5.02 Å². The van der Waals surface area contributed by atoms with Crippen molar-refractivity contribution in [1.29, 1.82) is 0 Å². The highest BCUT2D eigenvalue weighted by Crippen LogP contribution is 2.31. The van der Waals surface area contributed by atoms with E-state index >= 15 is 0 Å². The summed E-state index contributed by atoms with van der Waals surface area (Å²) in [5, 5.41) is 1.78. The van der Waals surface area contributed by atoms with Crippen LogP contribution in [-0.4, -0.2) is 21.1 Å². The molecule has 0 fully saturated rings. The van der Waals surface area contributed by atoms with Crippen LogP contribution in [0.5, 0.6) is 0 Å². The Kier molecular flexibility index (Phi) is 6.60. The van der Waals surface area contributed by atoms with E-state index in [2.05, 4.69) is 6.92 Å². The molecule has 0 N–H and O–H groups in total. The number of hydrogen-bond acceptors (Lipinski definition) is 5. The van der Waals surface area contributed by atoms with Gasteiger partial charge in [-0.3, -0.25) is 14.2 Å². The van der Waals surface area contributed by atoms with E-state index in [-0.39, 0.29) is 17.1 Å². The maximum atomic E-state index is 13.6. The van der Waals surface area contributed by atoms with Crippen molar-refractivity contribution in [3.63, 3.8) is 0 Å². The summed E-state index contributed by atoms with van der Waals surface area (Å²) in [5.41, 5.74) is 2.25. The minimum absolute atomic E-state index is 0.0374. The smallest absolute Gasteiger partial charge is 0.267 e. The van der Waals surface area contributed by atoms with E-state index in [0.717, 1.165) is 28.9 Å². The Morgan fingerprint density at radius 3 is 2.52 bits per heavy atom. The number of ketones is 1. The minimum atomic E-state index is -0.0891. The van der Waals surface area contributed by atoms with E-state index < -0.39 is 0 Å². The van der Waals surface area contributed by atoms with Crippen molar-refractivity contribution in [1.82, 2.24) is 9.55 Å². The van der Waals surface area contributed by atoms with Crippen LogP contribution in [0.1, 0.15) is 34.1 Å². The van der Waals surface area contributed by atoms with Crippen molar-refractivity contribution in [2.24, 2.45) is 0 Å². The van der Waals surface area contributed by atoms with Crippen LogP contribution in [0.4, 0.5) is 0 Å². The highest BCUT2D eigenvalue weighted by atomic mass is 35.5. The Bertz CT molecular complexity index is 1300. The molecule has 0 aliphatic rings. The Morgan fingerprint density at radius 1 is 1.13 bits per heavy atom. The number of fused-ring (bicyclic) bond motifs is 1. The summed E-state index contributed by atoms with van der Waals surface area (Å²) in [5.74, 6) is 0.142. The van der Waals surface area contributed by atoms with E-state index in [1.165, 1.54) is 16.6 Å². The normalized spacial score (nSPS) is 11.2. The summed E-state index contributed by atoms with van der Waals surface area (Å²) >= 11 is 8.78. The number of rotatable bonds is 7. The van der Waals surface area contributed by atoms with Crippen LogP contribution in [0.25, 0.3) is 15.9 Å². The van der Waals surface area contributed by atoms with Gasteiger partial charge in [0.2, 0.25) is 0 Å². The molecule has 0 radical (unpaired) electrons. The summed E-state index contributed by atoms with van der Waals surface area (Å²) in [6, 6.07) is 16.3. The van der Waals surface area contributed by atoms with Crippen LogP contribution in [0.15, 0.2) is 64.5 Å². The van der Waals surface area contributed by atoms with Crippen molar-refractivity contribution < 1.29 is 4.79 Å². The largest absolute Gasteiger partial charge is 0.293 e. The van der Waals surface area contributed by atoms with Gasteiger partial charge in [-0.2, -0.15) is 0 Å². The van der Waals surface area contributed by atoms with Crippen molar-refractivity contribution in [2.75, 3.05) is 5.75 Å². The molecular formula is C24H21ClN2O2S2. The lowest BCUT2D eigenvalue weighted by atomic mass is 10.1. The number of nitrogens with zero attached hydrogens (tertiary/aromatic N) is 2. The van der Waals surface area contributed by atoms with Gasteiger partial charge in [0.25, 0.3) is 5.56 Å². The molecule has 0 saturated carbocycles. The zero-order valence-corrected chi connectivity index (χ0v) is 19.6. The first kappa shape index (κ1) is 21.8. The molecule has 4 aromatic rings. The molecule has 0 aliphatic heterocycles. The second-order valence-electron chi connectivity index (χ2n) is 7.17. The molecule has 4 rings (SSSR count). The van der Waals surface area contributed by atoms with Gasteiger partial charge in [-0.25, -0.2) is 4.98 Å². The van der Waals surface area contributed by atoms with E-state index in [0.29, 0.717) is 21.1 Å². The van der Waals surface area contributed by atoms with Gasteiger partial charge in [0, 0.05) is 15.5 Å². The molecule has 2 aromatic heterocycles. The average molecular weight is 469 g/mol. The molecule has 0 saturated heterocycles. The van der Waals surface area contributed by atoms with Crippen LogP contribution in [0.3, 0.4) is 0 Å². The maximum absolute atomic E-state index is 13.6. The van der Waals surface area contributed by atoms with Gasteiger partial charge in [-0.1, -0.05) is 54.9 Å². The van der Waals surface area contributed by atoms with E-state index in [4.69, 9.17) is 16.6 Å². The lowest BCUT2D eigenvalue weighted by Gasteiger charge is -2.12. The summed E-state index contributed by atoms with van der Waals surface area (Å²) in [6.45, 7) is 4.13. The van der Waals surface area contributed by atoms with Crippen LogP contribution >= 0.6 is 34.7 Å². The van der Waals surface area contributed by atoms with Crippen molar-refractivity contribution >= 4 is 50.7 Å². The van der Waals surface area contributed by atoms with Gasteiger partial charge in [0.15, 0.2) is 10.9 Å². The second-order valence-corrected chi connectivity index (χ2v) is 9.63. The second kappa shape index (κ2) is 9.39. The van der Waals surface area contributed by atoms with Gasteiger partial charge in [-0.15, -0.1) is 11.3 Å². The third-order valence-corrected chi connectivity index (χ3v) is 7.46. The zero-order chi connectivity index (χ0) is 22.0. The highest BCUT2D eigenvalue weighted by molar-refractivity contribution is 7.99. The Hall–Kier alpha value is -2.41. The van der Waals surface area contributed by atoms with E-state index in [9.17, 15) is 9.59 Å². The first-order valence-corrected chi connectivity index (χ1v) is 12.2. The average Bonchev–Trinajstić information content (AvgIpc) is 3.09. The fourth-order valence-corrected chi connectivity index (χ4v) is 5.78. The molecule has 0 atom stereocenters. The number of benzene rings is 2. The first-order chi connectivity index (χ1) is 15.0. The first-order valence-electron chi connectivity index (χ1n) is 10.0. The molecule has 0 amide bonds. The molecule has 0 aliphatic carbocycles. The summed E-state index contributed by atoms with van der Waals surface area (Å²) < 4.78 is 1.62. The summed E-state index contributed by atoms with van der Waals surface area (Å²) in [4.78, 5) is 33.0. The molecule has 7 heteroatoms. The van der Waals surface area contributed by atoms with Gasteiger partial charge in [0.05, 0.1) is 16.8 Å². The molecule has 0 unspecified atom stereocenters. The zero-order valence-electron chi connectivity index (χ0n) is 17.2. The maximum Gasteiger partial charge on any atom is 0.267 e. The number of carbonyl (C=O) groups excluding carboxylic acids is 1. The lowest BCUT2D eigenvalue weighted by Crippen LogP contribution is -2.22. The highest BCUT2D eigenvalue weighted by Gasteiger charge is 2.20. The number of aromatic nitrogens is 2. The quantitative estimate of drug-likeness (QED) is 0.180. The predicted octanol–water partition coefficient (Wildman–Crippen LogP) is 6.34. The molecule has 0 bridgehead atoms. The standard InChI is InChI=1S/C24H21ClN2O2S2/c1-3-7-20-15(2)21-22(31-20)26-24(27(23(21)29)18-8-5-4-6-9-18)30-14-19(28)16-10-12-17(25)13-11-16/h4-6,8-13H,3,7,14H2,1-2H3. The SMILES string of the molecule is CCCc1sc2nc(SCC(=O)c3ccc(Cl)cc3)n(-c3ccccc3)c(=O)c2c1C. The number of thioether (sulfide) groups is 1. The Balaban J connectivity index is 1.78. The number of aryl methyl sites for hydroxylation is 2. The van der Waals surface area contributed by atoms with Gasteiger partial charge in [0.1, 0.15) is 4.83 Å². The minimum Gasteiger partial charge on any atom is -0.293 e. The van der Waals surface area contributed by atoms with Gasteiger partial charge >= 0.3 is 0 Å². The Morgan fingerprint density at radius 2 is 1.84 bits per heavy atom. The predicted molar refractivity (Wildman–Crippen MR) is 130 cm³/mol. The number of carbonyl (C=O) groups is 1. The molecule has 31 heavy (non-hydrogen) atoms. The monoisotopic (exact) mass is 468 g/mol. The summed E-state index contributed by atoms with van der Waals surface area (Å²) in [6.07, 6.45) is 1.94. The van der Waals surface area contributed by atoms with Crippen molar-refractivity contribution in [3.8, 4) is 5.69 Å². The third kappa shape index (κ3) is 4.47. The van der Waals surface area contributed by atoms with Gasteiger partial charge in [-0.05, 0) is 55.3 Å². The number of thiophene rings is 1. The van der Waals surface area contributed by atoms with E-state index in [1.807, 2.05) is 37.3 Å². The number of hydrogen-bond donors (Lipinski definition) is 0. The summed E-state index contributed by atoms with van der Waals surface area (Å²) in [7, 11) is 0. The molecule has 2 heterocycles. The number of halogens is 1. The van der Waals surface area contributed by atoms with Crippen LogP contribution in [-0.2, 0) is 6.42 Å². The Labute approximate surface area is 193 Å². The lowest BCUT2D eigenvalue weighted by molar-refractivity contribution is 0.102. The van der Waals surface area contributed by atoms with Crippen molar-refractivity contribution in [2.45, 2.75) is 31.8 Å². The van der Waals surface area contributed by atoms with Crippen molar-refractivity contribution in [3.05, 3.63) is 86.0 Å². The molecule has 2 aromatic carbocycles. The molecule has 0 spiro atoms. The fraction of sp³-hybridized carbons (Fsp3) is 0.208. The van der Waals surface area contributed by atoms with Crippen LogP contribution in [0, 0.1) is 6.92 Å². The van der Waals surface area contributed by atoms with E-state index in [1.54, 1.807) is 40.2 Å². The molecular weight excluding hydrogens is 448 g/mol. The molecule has 4 nitrogen and oxygen atoms in total. The molecule has 158 valence electrons. The topological polar surface area (TPSA) is 52.0 Å². The third-order valence-electron chi connectivity index (χ3n) is 5.02. The number of Topliss-reactive ketones (excluding diaryl/α,β-unsaturated/α-hetero) is 1. The van der Waals surface area contributed by atoms with Crippen LogP contribution < -0.4 is 5.56 Å².